The predicted molar refractivity (Wildman–Crippen MR) is 78.3 cm³/mol. The monoisotopic (exact) mass is 270 g/mol. The van der Waals surface area contributed by atoms with Crippen molar-refractivity contribution in [3.8, 4) is 0 Å². The molecule has 0 saturated heterocycles. The van der Waals surface area contributed by atoms with E-state index in [2.05, 4.69) is 45.3 Å². The Balaban J connectivity index is 2.77. The van der Waals surface area contributed by atoms with E-state index in [0.29, 0.717) is 12.0 Å². The van der Waals surface area contributed by atoms with Crippen LogP contribution in [-0.2, 0) is 10.2 Å². The van der Waals surface area contributed by atoms with Gasteiger partial charge < -0.3 is 10.1 Å². The van der Waals surface area contributed by atoms with Crippen LogP contribution in [0.25, 0.3) is 0 Å². The summed E-state index contributed by atoms with van der Waals surface area (Å²) < 4.78 is 5.09. The SMILES string of the molecule is COCCNC(c1nc(C(C)(C)C)cs1)C(C)C. The molecule has 0 amide bonds. The van der Waals surface area contributed by atoms with Crippen LogP contribution in [0.5, 0.6) is 0 Å². The molecule has 0 aliphatic heterocycles. The van der Waals surface area contributed by atoms with Crippen LogP contribution in [0.2, 0.25) is 0 Å². The molecule has 0 aromatic carbocycles. The standard InChI is InChI=1S/C14H26N2OS/c1-10(2)12(15-7-8-17-6)13-16-11(9-18-13)14(3,4)5/h9-10,12,15H,7-8H2,1-6H3. The maximum Gasteiger partial charge on any atom is 0.110 e. The van der Waals surface area contributed by atoms with E-state index in [1.165, 1.54) is 10.7 Å². The zero-order valence-electron chi connectivity index (χ0n) is 12.4. The van der Waals surface area contributed by atoms with E-state index < -0.39 is 0 Å². The molecule has 1 aromatic rings. The van der Waals surface area contributed by atoms with Gasteiger partial charge in [0.2, 0.25) is 0 Å². The smallest absolute Gasteiger partial charge is 0.110 e. The third kappa shape index (κ3) is 4.34. The number of aromatic nitrogens is 1. The second-order valence-electron chi connectivity index (χ2n) is 5.99. The Labute approximate surface area is 115 Å². The van der Waals surface area contributed by atoms with Gasteiger partial charge in [0, 0.05) is 24.4 Å². The van der Waals surface area contributed by atoms with Crippen molar-refractivity contribution in [2.24, 2.45) is 5.92 Å². The van der Waals surface area contributed by atoms with Crippen LogP contribution in [0.4, 0.5) is 0 Å². The van der Waals surface area contributed by atoms with Crippen LogP contribution >= 0.6 is 11.3 Å². The number of nitrogens with one attached hydrogen (secondary N) is 1. The fraction of sp³-hybridized carbons (Fsp3) is 0.786. The van der Waals surface area contributed by atoms with Crippen molar-refractivity contribution in [2.45, 2.75) is 46.1 Å². The number of hydrogen-bond donors (Lipinski definition) is 1. The maximum atomic E-state index is 5.09. The van der Waals surface area contributed by atoms with E-state index in [9.17, 15) is 0 Å². The van der Waals surface area contributed by atoms with Crippen LogP contribution < -0.4 is 5.32 Å². The average molecular weight is 270 g/mol. The average Bonchev–Trinajstić information content (AvgIpc) is 2.72. The molecule has 3 nitrogen and oxygen atoms in total. The first-order valence-corrected chi connectivity index (χ1v) is 7.42. The minimum Gasteiger partial charge on any atom is -0.383 e. The molecule has 0 spiro atoms. The molecule has 0 aliphatic rings. The minimum atomic E-state index is 0.128. The van der Waals surface area contributed by atoms with Crippen molar-refractivity contribution in [1.82, 2.24) is 10.3 Å². The Hall–Kier alpha value is -0.450. The third-order valence-electron chi connectivity index (χ3n) is 2.89. The first-order chi connectivity index (χ1) is 8.36. The van der Waals surface area contributed by atoms with Gasteiger partial charge in [0.05, 0.1) is 18.3 Å². The lowest BCUT2D eigenvalue weighted by Gasteiger charge is -2.20. The van der Waals surface area contributed by atoms with Crippen LogP contribution in [0, 0.1) is 5.92 Å². The number of thiazole rings is 1. The largest absolute Gasteiger partial charge is 0.383 e. The summed E-state index contributed by atoms with van der Waals surface area (Å²) in [5.41, 5.74) is 1.31. The zero-order chi connectivity index (χ0) is 13.8. The summed E-state index contributed by atoms with van der Waals surface area (Å²) in [5.74, 6) is 0.529. The van der Waals surface area contributed by atoms with E-state index >= 15 is 0 Å². The first-order valence-electron chi connectivity index (χ1n) is 6.54. The lowest BCUT2D eigenvalue weighted by atomic mass is 9.93. The summed E-state index contributed by atoms with van der Waals surface area (Å²) in [6, 6.07) is 0.321. The van der Waals surface area contributed by atoms with Crippen molar-refractivity contribution < 1.29 is 4.74 Å². The molecule has 1 N–H and O–H groups in total. The highest BCUT2D eigenvalue weighted by Crippen LogP contribution is 2.29. The number of hydrogen-bond acceptors (Lipinski definition) is 4. The Morgan fingerprint density at radius 3 is 2.50 bits per heavy atom. The van der Waals surface area contributed by atoms with E-state index in [-0.39, 0.29) is 5.41 Å². The lowest BCUT2D eigenvalue weighted by molar-refractivity contribution is 0.192. The van der Waals surface area contributed by atoms with Gasteiger partial charge in [0.15, 0.2) is 0 Å². The number of nitrogens with zero attached hydrogens (tertiary/aromatic N) is 1. The molecular formula is C14H26N2OS. The fourth-order valence-corrected chi connectivity index (χ4v) is 2.99. The topological polar surface area (TPSA) is 34.1 Å². The molecule has 104 valence electrons. The van der Waals surface area contributed by atoms with Gasteiger partial charge in [-0.2, -0.15) is 0 Å². The van der Waals surface area contributed by atoms with Crippen molar-refractivity contribution in [1.29, 1.82) is 0 Å². The normalized spacial score (nSPS) is 14.2. The molecule has 1 unspecified atom stereocenters. The highest BCUT2D eigenvalue weighted by atomic mass is 32.1. The number of rotatable bonds is 6. The molecule has 0 saturated carbocycles. The van der Waals surface area contributed by atoms with Gasteiger partial charge in [0.25, 0.3) is 0 Å². The lowest BCUT2D eigenvalue weighted by Crippen LogP contribution is -2.28. The first kappa shape index (κ1) is 15.6. The van der Waals surface area contributed by atoms with E-state index in [1.807, 2.05) is 0 Å². The highest BCUT2D eigenvalue weighted by Gasteiger charge is 2.22. The molecule has 1 heterocycles. The molecule has 1 atom stereocenters. The van der Waals surface area contributed by atoms with Gasteiger partial charge in [-0.3, -0.25) is 0 Å². The molecule has 0 radical (unpaired) electrons. The molecular weight excluding hydrogens is 244 g/mol. The van der Waals surface area contributed by atoms with Crippen LogP contribution in [-0.4, -0.2) is 25.2 Å². The van der Waals surface area contributed by atoms with Crippen LogP contribution in [0.15, 0.2) is 5.38 Å². The van der Waals surface area contributed by atoms with Crippen molar-refractivity contribution in [3.63, 3.8) is 0 Å². The summed E-state index contributed by atoms with van der Waals surface area (Å²) in [6.45, 7) is 12.7. The summed E-state index contributed by atoms with van der Waals surface area (Å²) in [6.07, 6.45) is 0. The Morgan fingerprint density at radius 1 is 1.39 bits per heavy atom. The molecule has 0 fully saturated rings. The Kier molecular flexibility index (Phi) is 5.76. The van der Waals surface area contributed by atoms with Gasteiger partial charge in [-0.1, -0.05) is 34.6 Å². The Morgan fingerprint density at radius 2 is 2.06 bits per heavy atom. The van der Waals surface area contributed by atoms with E-state index in [4.69, 9.17) is 9.72 Å². The highest BCUT2D eigenvalue weighted by molar-refractivity contribution is 7.09. The molecule has 18 heavy (non-hydrogen) atoms. The van der Waals surface area contributed by atoms with Gasteiger partial charge in [-0.05, 0) is 5.92 Å². The van der Waals surface area contributed by atoms with Gasteiger partial charge >= 0.3 is 0 Å². The maximum absolute atomic E-state index is 5.09. The summed E-state index contributed by atoms with van der Waals surface area (Å²) in [5, 5.41) is 6.89. The summed E-state index contributed by atoms with van der Waals surface area (Å²) >= 11 is 1.76. The summed E-state index contributed by atoms with van der Waals surface area (Å²) in [7, 11) is 1.73. The van der Waals surface area contributed by atoms with Crippen LogP contribution in [0.3, 0.4) is 0 Å². The van der Waals surface area contributed by atoms with Gasteiger partial charge in [-0.25, -0.2) is 4.98 Å². The molecule has 0 bridgehead atoms. The number of methoxy groups -OCH3 is 1. The van der Waals surface area contributed by atoms with Crippen molar-refractivity contribution >= 4 is 11.3 Å². The van der Waals surface area contributed by atoms with Gasteiger partial charge in [0.1, 0.15) is 5.01 Å². The van der Waals surface area contributed by atoms with E-state index in [1.54, 1.807) is 18.4 Å². The molecule has 1 aromatic heterocycles. The van der Waals surface area contributed by atoms with Crippen molar-refractivity contribution in [3.05, 3.63) is 16.1 Å². The minimum absolute atomic E-state index is 0.128. The van der Waals surface area contributed by atoms with Crippen LogP contribution in [0.1, 0.15) is 51.4 Å². The summed E-state index contributed by atoms with van der Waals surface area (Å²) in [4.78, 5) is 4.80. The second kappa shape index (κ2) is 6.64. The quantitative estimate of drug-likeness (QED) is 0.805. The molecule has 4 heteroatoms. The Bertz CT molecular complexity index is 355. The zero-order valence-corrected chi connectivity index (χ0v) is 13.2. The van der Waals surface area contributed by atoms with E-state index in [0.717, 1.165) is 13.2 Å². The molecule has 1 rings (SSSR count). The van der Waals surface area contributed by atoms with Gasteiger partial charge in [-0.15, -0.1) is 11.3 Å². The van der Waals surface area contributed by atoms with Crippen molar-refractivity contribution in [2.75, 3.05) is 20.3 Å². The predicted octanol–water partition coefficient (Wildman–Crippen LogP) is 3.37. The fourth-order valence-electron chi connectivity index (χ4n) is 1.70. The number of ether oxygens (including phenoxy) is 1. The third-order valence-corrected chi connectivity index (χ3v) is 3.82. The molecule has 0 aliphatic carbocycles. The second-order valence-corrected chi connectivity index (χ2v) is 6.88.